The quantitative estimate of drug-likeness (QED) is 0.374. The molecular formula is C23H33NSSn-. The number of thiol groups is 1. The standard InChI is InChI=1S/C20H26NS.C3H7.Sn/c1-19(2,3)14-12-16(20(4,5)6)18(22)17(13-14)21-15-10-8-7-9-11-15;1-3-2;/h7-10,12-13,21-22H,1-6H3;1,3H2,2H3;/q;;-1. The van der Waals surface area contributed by atoms with Gasteiger partial charge in [0.25, 0.3) is 0 Å². The summed E-state index contributed by atoms with van der Waals surface area (Å²) < 4.78 is 2.93. The van der Waals surface area contributed by atoms with Crippen molar-refractivity contribution >= 4 is 48.7 Å². The van der Waals surface area contributed by atoms with Crippen molar-refractivity contribution in [2.45, 2.75) is 75.0 Å². The second-order valence-corrected chi connectivity index (χ2v) is 13.4. The Hall–Kier alpha value is -0.611. The van der Waals surface area contributed by atoms with E-state index in [1.807, 2.05) is 0 Å². The van der Waals surface area contributed by atoms with Crippen LogP contribution < -0.4 is 8.90 Å². The van der Waals surface area contributed by atoms with E-state index in [0.717, 1.165) is 10.6 Å². The van der Waals surface area contributed by atoms with Crippen molar-refractivity contribution in [1.29, 1.82) is 0 Å². The van der Waals surface area contributed by atoms with Crippen molar-refractivity contribution in [3.05, 3.63) is 47.5 Å². The van der Waals surface area contributed by atoms with E-state index < -0.39 is 21.1 Å². The van der Waals surface area contributed by atoms with E-state index in [1.54, 1.807) is 3.58 Å². The third-order valence-corrected chi connectivity index (χ3v) is 9.50. The molecule has 0 aromatic heterocycles. The topological polar surface area (TPSA) is 12.0 Å². The Labute approximate surface area is 176 Å². The number of hydrogen-bond donors (Lipinski definition) is 2. The maximum atomic E-state index is 4.93. The van der Waals surface area contributed by atoms with E-state index in [9.17, 15) is 0 Å². The predicted octanol–water partition coefficient (Wildman–Crippen LogP) is 6.47. The minimum atomic E-state index is -0.529. The number of nitrogens with one attached hydrogen (secondary N) is 1. The van der Waals surface area contributed by atoms with Crippen LogP contribution in [0.5, 0.6) is 0 Å². The van der Waals surface area contributed by atoms with Gasteiger partial charge >= 0.3 is 177 Å². The van der Waals surface area contributed by atoms with Crippen LogP contribution in [-0.4, -0.2) is 21.1 Å². The van der Waals surface area contributed by atoms with E-state index in [1.165, 1.54) is 27.7 Å². The van der Waals surface area contributed by atoms with E-state index in [2.05, 4.69) is 90.2 Å². The monoisotopic (exact) mass is 475 g/mol. The average Bonchev–Trinajstić information content (AvgIpc) is 2.53. The Morgan fingerprint density at radius 3 is 2.15 bits per heavy atom. The van der Waals surface area contributed by atoms with Crippen molar-refractivity contribution in [3.8, 4) is 0 Å². The zero-order valence-corrected chi connectivity index (χ0v) is 21.1. The van der Waals surface area contributed by atoms with Crippen molar-refractivity contribution in [2.24, 2.45) is 0 Å². The maximum absolute atomic E-state index is 4.93. The Balaban J connectivity index is 2.53. The summed E-state index contributed by atoms with van der Waals surface area (Å²) in [6, 6.07) is 13.5. The van der Waals surface area contributed by atoms with E-state index in [-0.39, 0.29) is 10.8 Å². The molecule has 0 atom stereocenters. The third-order valence-electron chi connectivity index (χ3n) is 4.55. The Bertz CT molecular complexity index is 754. The zero-order valence-electron chi connectivity index (χ0n) is 17.3. The fraction of sp³-hybridized carbons (Fsp3) is 0.478. The van der Waals surface area contributed by atoms with Crippen molar-refractivity contribution in [1.82, 2.24) is 0 Å². The van der Waals surface area contributed by atoms with Gasteiger partial charge in [-0.15, -0.1) is 0 Å². The van der Waals surface area contributed by atoms with Gasteiger partial charge < -0.3 is 0 Å². The molecule has 0 aliphatic heterocycles. The van der Waals surface area contributed by atoms with Gasteiger partial charge in [-0.1, -0.05) is 0 Å². The van der Waals surface area contributed by atoms with Crippen LogP contribution in [-0.2, 0) is 10.8 Å². The second kappa shape index (κ2) is 8.60. The van der Waals surface area contributed by atoms with E-state index in [0.29, 0.717) is 0 Å². The molecule has 3 heteroatoms. The predicted molar refractivity (Wildman–Crippen MR) is 121 cm³/mol. The molecule has 0 amide bonds. The number of rotatable bonds is 5. The van der Waals surface area contributed by atoms with E-state index >= 15 is 0 Å². The molecule has 0 aliphatic carbocycles. The molecule has 0 bridgehead atoms. The second-order valence-electron chi connectivity index (χ2n) is 9.02. The molecule has 2 aromatic rings. The SMILES string of the molecule is CC[CH2][Sn-][c]1ccccc1Nc1cc(C(C)(C)C)cc(C(C)(C)C)c1S. The Morgan fingerprint density at radius 1 is 0.923 bits per heavy atom. The normalized spacial score (nSPS) is 12.2. The van der Waals surface area contributed by atoms with Gasteiger partial charge in [-0.2, -0.15) is 0 Å². The molecule has 0 heterocycles. The van der Waals surface area contributed by atoms with Crippen LogP contribution in [0, 0.1) is 0 Å². The summed E-state index contributed by atoms with van der Waals surface area (Å²) in [5, 5.41) is 3.74. The van der Waals surface area contributed by atoms with Gasteiger partial charge in [-0.25, -0.2) is 0 Å². The van der Waals surface area contributed by atoms with Crippen LogP contribution in [0.25, 0.3) is 0 Å². The van der Waals surface area contributed by atoms with Crippen LogP contribution >= 0.6 is 12.6 Å². The van der Waals surface area contributed by atoms with Crippen LogP contribution in [0.4, 0.5) is 11.4 Å². The first-order valence-electron chi connectivity index (χ1n) is 9.52. The summed E-state index contributed by atoms with van der Waals surface area (Å²) in [7, 11) is 0. The van der Waals surface area contributed by atoms with Crippen molar-refractivity contribution < 1.29 is 0 Å². The number of hydrogen-bond acceptors (Lipinski definition) is 2. The molecule has 0 aliphatic rings. The van der Waals surface area contributed by atoms with Crippen molar-refractivity contribution in [2.75, 3.05) is 5.32 Å². The van der Waals surface area contributed by atoms with Gasteiger partial charge in [-0.05, 0) is 0 Å². The molecule has 26 heavy (non-hydrogen) atoms. The molecular weight excluding hydrogens is 441 g/mol. The summed E-state index contributed by atoms with van der Waals surface area (Å²) in [6.45, 7) is 15.9. The first-order valence-corrected chi connectivity index (χ1v) is 13.4. The summed E-state index contributed by atoms with van der Waals surface area (Å²) in [5.41, 5.74) is 5.24. The molecule has 1 radical (unpaired) electrons. The first kappa shape index (κ1) is 21.7. The van der Waals surface area contributed by atoms with Gasteiger partial charge in [0.05, 0.1) is 0 Å². The molecule has 1 N–H and O–H groups in total. The van der Waals surface area contributed by atoms with Gasteiger partial charge in [0.1, 0.15) is 0 Å². The first-order chi connectivity index (χ1) is 12.0. The van der Waals surface area contributed by atoms with Gasteiger partial charge in [0.15, 0.2) is 0 Å². The minimum absolute atomic E-state index is 0.0627. The molecule has 1 nitrogen and oxygen atoms in total. The van der Waals surface area contributed by atoms with Gasteiger partial charge in [-0.3, -0.25) is 0 Å². The third kappa shape index (κ3) is 5.45. The van der Waals surface area contributed by atoms with Crippen LogP contribution in [0.2, 0.25) is 4.44 Å². The van der Waals surface area contributed by atoms with Gasteiger partial charge in [0, 0.05) is 0 Å². The molecule has 0 saturated heterocycles. The van der Waals surface area contributed by atoms with E-state index in [4.69, 9.17) is 12.6 Å². The molecule has 0 unspecified atom stereocenters. The summed E-state index contributed by atoms with van der Waals surface area (Å²) >= 11 is 4.41. The molecule has 0 fully saturated rings. The molecule has 141 valence electrons. The molecule has 0 saturated carbocycles. The summed E-state index contributed by atoms with van der Waals surface area (Å²) in [6.07, 6.45) is 1.28. The summed E-state index contributed by atoms with van der Waals surface area (Å²) in [5.74, 6) is 0. The van der Waals surface area contributed by atoms with Crippen LogP contribution in [0.15, 0.2) is 41.3 Å². The Kier molecular flexibility index (Phi) is 7.17. The van der Waals surface area contributed by atoms with Crippen LogP contribution in [0.3, 0.4) is 0 Å². The number of anilines is 2. The molecule has 0 spiro atoms. The summed E-state index contributed by atoms with van der Waals surface area (Å²) in [4.78, 5) is 1.07. The van der Waals surface area contributed by atoms with Gasteiger partial charge in [0.2, 0.25) is 0 Å². The number of benzene rings is 2. The average molecular weight is 474 g/mol. The number of para-hydroxylation sites is 1. The molecule has 2 aromatic carbocycles. The Morgan fingerprint density at radius 2 is 1.58 bits per heavy atom. The van der Waals surface area contributed by atoms with Crippen molar-refractivity contribution in [3.63, 3.8) is 0 Å². The molecule has 2 rings (SSSR count). The fourth-order valence-electron chi connectivity index (χ4n) is 2.89. The zero-order chi connectivity index (χ0) is 19.5. The fourth-order valence-corrected chi connectivity index (χ4v) is 6.46. The van der Waals surface area contributed by atoms with Crippen LogP contribution in [0.1, 0.15) is 66.0 Å².